The van der Waals surface area contributed by atoms with Gasteiger partial charge in [0.25, 0.3) is 5.91 Å². The molecular formula is C22H23FN4O2. The second kappa shape index (κ2) is 7.24. The van der Waals surface area contributed by atoms with E-state index in [-0.39, 0.29) is 17.8 Å². The minimum absolute atomic E-state index is 0.198. The van der Waals surface area contributed by atoms with Crippen LogP contribution in [-0.2, 0) is 6.54 Å². The maximum atomic E-state index is 13.3. The van der Waals surface area contributed by atoms with Gasteiger partial charge in [-0.05, 0) is 45.4 Å². The number of anilines is 1. The highest BCUT2D eigenvalue weighted by molar-refractivity contribution is 6.06. The molecule has 4 aromatic rings. The smallest absolute Gasteiger partial charge is 0.272 e. The van der Waals surface area contributed by atoms with Crippen molar-refractivity contribution in [3.63, 3.8) is 0 Å². The molecule has 3 aromatic heterocycles. The molecule has 0 aliphatic rings. The highest BCUT2D eigenvalue weighted by Gasteiger charge is 2.21. The van der Waals surface area contributed by atoms with Gasteiger partial charge in [-0.1, -0.05) is 12.1 Å². The van der Waals surface area contributed by atoms with Gasteiger partial charge in [0.15, 0.2) is 5.58 Å². The summed E-state index contributed by atoms with van der Waals surface area (Å²) in [5.41, 5.74) is 5.19. The zero-order valence-electron chi connectivity index (χ0n) is 16.9. The van der Waals surface area contributed by atoms with Crippen molar-refractivity contribution in [3.05, 3.63) is 71.1 Å². The second-order valence-electron chi connectivity index (χ2n) is 7.45. The van der Waals surface area contributed by atoms with Crippen molar-refractivity contribution in [1.82, 2.24) is 14.3 Å². The number of rotatable bonds is 5. The van der Waals surface area contributed by atoms with Gasteiger partial charge < -0.3 is 14.3 Å². The SMILES string of the molecule is Cc1nn(C(C)C)c(C)c1NC(=O)c1cc2occc2n1Cc1ccc(F)cc1. The fourth-order valence-electron chi connectivity index (χ4n) is 3.63. The molecule has 0 atom stereocenters. The van der Waals surface area contributed by atoms with E-state index < -0.39 is 0 Å². The minimum atomic E-state index is -0.291. The number of halogens is 1. The number of fused-ring (bicyclic) bond motifs is 1. The van der Waals surface area contributed by atoms with Crippen LogP contribution in [0.2, 0.25) is 0 Å². The van der Waals surface area contributed by atoms with Gasteiger partial charge in [0.1, 0.15) is 11.5 Å². The maximum Gasteiger partial charge on any atom is 0.272 e. The Bertz CT molecular complexity index is 1180. The van der Waals surface area contributed by atoms with E-state index in [1.54, 1.807) is 24.5 Å². The molecular weight excluding hydrogens is 371 g/mol. The van der Waals surface area contributed by atoms with Crippen molar-refractivity contribution in [2.45, 2.75) is 40.3 Å². The maximum absolute atomic E-state index is 13.3. The third-order valence-corrected chi connectivity index (χ3v) is 5.06. The van der Waals surface area contributed by atoms with Crippen molar-refractivity contribution in [3.8, 4) is 0 Å². The van der Waals surface area contributed by atoms with Gasteiger partial charge in [0.2, 0.25) is 0 Å². The van der Waals surface area contributed by atoms with Gasteiger partial charge in [-0.2, -0.15) is 5.10 Å². The Hall–Kier alpha value is -3.35. The molecule has 0 bridgehead atoms. The number of benzene rings is 1. The Morgan fingerprint density at radius 3 is 2.59 bits per heavy atom. The van der Waals surface area contributed by atoms with Crippen LogP contribution in [0.4, 0.5) is 10.1 Å². The standard InChI is InChI=1S/C22H23FN4O2/c1-13(2)27-15(4)21(14(3)25-27)24-22(28)19-11-20-18(9-10-29-20)26(19)12-16-5-7-17(23)8-6-16/h5-11,13H,12H2,1-4H3,(H,24,28). The molecule has 4 rings (SSSR count). The zero-order valence-corrected chi connectivity index (χ0v) is 16.9. The summed E-state index contributed by atoms with van der Waals surface area (Å²) < 4.78 is 22.5. The summed E-state index contributed by atoms with van der Waals surface area (Å²) in [5, 5.41) is 7.54. The van der Waals surface area contributed by atoms with Gasteiger partial charge in [-0.3, -0.25) is 9.48 Å². The second-order valence-corrected chi connectivity index (χ2v) is 7.45. The fourth-order valence-corrected chi connectivity index (χ4v) is 3.63. The van der Waals surface area contributed by atoms with Crippen LogP contribution in [-0.4, -0.2) is 20.3 Å². The predicted molar refractivity (Wildman–Crippen MR) is 110 cm³/mol. The number of aryl methyl sites for hydroxylation is 1. The number of nitrogens with one attached hydrogen (secondary N) is 1. The molecule has 6 nitrogen and oxygen atoms in total. The quantitative estimate of drug-likeness (QED) is 0.514. The first kappa shape index (κ1) is 19.0. The highest BCUT2D eigenvalue weighted by Crippen LogP contribution is 2.26. The molecule has 0 saturated carbocycles. The summed E-state index contributed by atoms with van der Waals surface area (Å²) in [4.78, 5) is 13.2. The molecule has 0 aliphatic heterocycles. The van der Waals surface area contributed by atoms with E-state index in [4.69, 9.17) is 4.42 Å². The van der Waals surface area contributed by atoms with Crippen molar-refractivity contribution < 1.29 is 13.6 Å². The monoisotopic (exact) mass is 394 g/mol. The summed E-state index contributed by atoms with van der Waals surface area (Å²) in [6.07, 6.45) is 1.59. The number of amides is 1. The molecule has 150 valence electrons. The lowest BCUT2D eigenvalue weighted by atomic mass is 10.2. The zero-order chi connectivity index (χ0) is 20.7. The van der Waals surface area contributed by atoms with Crippen LogP contribution >= 0.6 is 0 Å². The molecule has 0 unspecified atom stereocenters. The van der Waals surface area contributed by atoms with E-state index >= 15 is 0 Å². The first-order valence-corrected chi connectivity index (χ1v) is 9.53. The summed E-state index contributed by atoms with van der Waals surface area (Å²) in [6.45, 7) is 8.35. The van der Waals surface area contributed by atoms with E-state index in [2.05, 4.69) is 10.4 Å². The number of carbonyl (C=O) groups is 1. The van der Waals surface area contributed by atoms with Crippen LogP contribution in [0.25, 0.3) is 11.1 Å². The van der Waals surface area contributed by atoms with Gasteiger partial charge in [0, 0.05) is 24.7 Å². The van der Waals surface area contributed by atoms with E-state index in [9.17, 15) is 9.18 Å². The third-order valence-electron chi connectivity index (χ3n) is 5.06. The van der Waals surface area contributed by atoms with E-state index in [1.165, 1.54) is 12.1 Å². The van der Waals surface area contributed by atoms with Gasteiger partial charge in [-0.25, -0.2) is 4.39 Å². The predicted octanol–water partition coefficient (Wildman–Crippen LogP) is 5.07. The molecule has 0 spiro atoms. The highest BCUT2D eigenvalue weighted by atomic mass is 19.1. The summed E-state index contributed by atoms with van der Waals surface area (Å²) in [7, 11) is 0. The van der Waals surface area contributed by atoms with Gasteiger partial charge in [0.05, 0.1) is 28.9 Å². The van der Waals surface area contributed by atoms with Crippen LogP contribution in [0.15, 0.2) is 47.1 Å². The van der Waals surface area contributed by atoms with Crippen LogP contribution in [0.1, 0.15) is 47.3 Å². The van der Waals surface area contributed by atoms with Crippen LogP contribution in [0.5, 0.6) is 0 Å². The topological polar surface area (TPSA) is 65.0 Å². The third kappa shape index (κ3) is 3.44. The Morgan fingerprint density at radius 1 is 1.21 bits per heavy atom. The molecule has 0 radical (unpaired) electrons. The molecule has 1 amide bonds. The molecule has 0 saturated heterocycles. The van der Waals surface area contributed by atoms with Crippen LogP contribution < -0.4 is 5.32 Å². The van der Waals surface area contributed by atoms with Crippen molar-refractivity contribution in [2.24, 2.45) is 0 Å². The molecule has 7 heteroatoms. The first-order chi connectivity index (χ1) is 13.8. The minimum Gasteiger partial charge on any atom is -0.463 e. The molecule has 1 aromatic carbocycles. The Balaban J connectivity index is 1.70. The molecule has 29 heavy (non-hydrogen) atoms. The number of nitrogens with zero attached hydrogens (tertiary/aromatic N) is 3. The molecule has 0 aliphatic carbocycles. The van der Waals surface area contributed by atoms with Gasteiger partial charge >= 0.3 is 0 Å². The number of furan rings is 1. The Labute approximate surface area is 167 Å². The van der Waals surface area contributed by atoms with E-state index in [0.29, 0.717) is 17.8 Å². The van der Waals surface area contributed by atoms with E-state index in [0.717, 1.165) is 28.2 Å². The molecule has 0 fully saturated rings. The number of aromatic nitrogens is 3. The normalized spacial score (nSPS) is 11.5. The summed E-state index contributed by atoms with van der Waals surface area (Å²) in [5.74, 6) is -0.534. The average molecular weight is 394 g/mol. The largest absolute Gasteiger partial charge is 0.463 e. The fraction of sp³-hybridized carbons (Fsp3) is 0.273. The summed E-state index contributed by atoms with van der Waals surface area (Å²) >= 11 is 0. The van der Waals surface area contributed by atoms with Crippen LogP contribution in [0.3, 0.4) is 0 Å². The lowest BCUT2D eigenvalue weighted by Gasteiger charge is -2.12. The Kier molecular flexibility index (Phi) is 4.74. The first-order valence-electron chi connectivity index (χ1n) is 9.53. The Morgan fingerprint density at radius 2 is 1.93 bits per heavy atom. The number of carbonyl (C=O) groups excluding carboxylic acids is 1. The van der Waals surface area contributed by atoms with Gasteiger partial charge in [-0.15, -0.1) is 0 Å². The molecule has 3 heterocycles. The number of hydrogen-bond donors (Lipinski definition) is 1. The number of hydrogen-bond acceptors (Lipinski definition) is 3. The lowest BCUT2D eigenvalue weighted by molar-refractivity contribution is 0.101. The van der Waals surface area contributed by atoms with E-state index in [1.807, 2.05) is 43.0 Å². The van der Waals surface area contributed by atoms with Crippen molar-refractivity contribution in [1.29, 1.82) is 0 Å². The van der Waals surface area contributed by atoms with Crippen LogP contribution in [0, 0.1) is 19.7 Å². The van der Waals surface area contributed by atoms with Crippen molar-refractivity contribution in [2.75, 3.05) is 5.32 Å². The summed E-state index contributed by atoms with van der Waals surface area (Å²) in [6, 6.07) is 10.0. The average Bonchev–Trinajstić information content (AvgIpc) is 3.34. The lowest BCUT2D eigenvalue weighted by Crippen LogP contribution is -2.18. The molecule has 1 N–H and O–H groups in total. The van der Waals surface area contributed by atoms with Crippen molar-refractivity contribution >= 4 is 22.7 Å².